The Bertz CT molecular complexity index is 585. The van der Waals surface area contributed by atoms with Gasteiger partial charge in [-0.3, -0.25) is 4.79 Å². The van der Waals surface area contributed by atoms with Crippen molar-refractivity contribution < 1.29 is 14.3 Å². The van der Waals surface area contributed by atoms with Crippen molar-refractivity contribution in [2.24, 2.45) is 5.92 Å². The van der Waals surface area contributed by atoms with Gasteiger partial charge in [0.25, 0.3) is 0 Å². The molecular weight excluding hydrogens is 206 g/mol. The number of aliphatic carboxylic acids is 1. The molecule has 0 fully saturated rings. The maximum absolute atomic E-state index is 10.9. The third kappa shape index (κ3) is 1.19. The first-order valence-corrected chi connectivity index (χ1v) is 5.17. The molecule has 0 radical (unpaired) electrons. The van der Waals surface area contributed by atoms with Gasteiger partial charge in [0.15, 0.2) is 0 Å². The SMILES string of the molecule is Nc1ccc2c3c(oc2c1)CC(C(=O)O)C3. The standard InChI is InChI=1S/C12H11NO3/c13-7-1-2-8-9-3-6(12(14)15)4-10(9)16-11(8)5-7/h1-2,5-6H,3-4,13H2,(H,14,15). The molecule has 0 amide bonds. The molecule has 3 N–H and O–H groups in total. The molecule has 0 aliphatic heterocycles. The van der Waals surface area contributed by atoms with Crippen LogP contribution in [0.2, 0.25) is 0 Å². The van der Waals surface area contributed by atoms with Crippen molar-refractivity contribution in [2.75, 3.05) is 5.73 Å². The summed E-state index contributed by atoms with van der Waals surface area (Å²) in [5.41, 5.74) is 8.11. The summed E-state index contributed by atoms with van der Waals surface area (Å²) >= 11 is 0. The Labute approximate surface area is 91.7 Å². The molecule has 4 heteroatoms. The van der Waals surface area contributed by atoms with Crippen molar-refractivity contribution >= 4 is 22.6 Å². The van der Waals surface area contributed by atoms with Gasteiger partial charge in [-0.05, 0) is 18.6 Å². The van der Waals surface area contributed by atoms with Crippen LogP contribution in [0, 0.1) is 5.92 Å². The molecule has 0 saturated heterocycles. The summed E-state index contributed by atoms with van der Waals surface area (Å²) in [6, 6.07) is 5.49. The van der Waals surface area contributed by atoms with Gasteiger partial charge in [-0.25, -0.2) is 0 Å². The zero-order chi connectivity index (χ0) is 11.3. The fourth-order valence-electron chi connectivity index (χ4n) is 2.32. The molecule has 1 atom stereocenters. The molecule has 3 rings (SSSR count). The van der Waals surface area contributed by atoms with Gasteiger partial charge < -0.3 is 15.3 Å². The van der Waals surface area contributed by atoms with Gasteiger partial charge in [0.2, 0.25) is 0 Å². The molecule has 4 nitrogen and oxygen atoms in total. The summed E-state index contributed by atoms with van der Waals surface area (Å²) in [6.07, 6.45) is 1.04. The minimum atomic E-state index is -0.755. The van der Waals surface area contributed by atoms with E-state index >= 15 is 0 Å². The van der Waals surface area contributed by atoms with E-state index in [4.69, 9.17) is 15.3 Å². The van der Waals surface area contributed by atoms with E-state index in [0.717, 1.165) is 22.3 Å². The van der Waals surface area contributed by atoms with Crippen LogP contribution in [0.15, 0.2) is 22.6 Å². The van der Waals surface area contributed by atoms with E-state index in [2.05, 4.69) is 0 Å². The summed E-state index contributed by atoms with van der Waals surface area (Å²) in [6.45, 7) is 0. The van der Waals surface area contributed by atoms with E-state index in [9.17, 15) is 4.79 Å². The fourth-order valence-corrected chi connectivity index (χ4v) is 2.32. The number of carboxylic acids is 1. The predicted octanol–water partition coefficient (Wildman–Crippen LogP) is 1.81. The molecule has 0 spiro atoms. The fraction of sp³-hybridized carbons (Fsp3) is 0.250. The normalized spacial score (nSPS) is 18.9. The van der Waals surface area contributed by atoms with E-state index in [-0.39, 0.29) is 5.92 Å². The van der Waals surface area contributed by atoms with E-state index in [1.165, 1.54) is 0 Å². The van der Waals surface area contributed by atoms with Gasteiger partial charge in [0, 0.05) is 29.1 Å². The summed E-state index contributed by atoms with van der Waals surface area (Å²) in [5, 5.41) is 9.95. The zero-order valence-corrected chi connectivity index (χ0v) is 8.56. The van der Waals surface area contributed by atoms with Gasteiger partial charge >= 0.3 is 5.97 Å². The highest BCUT2D eigenvalue weighted by molar-refractivity contribution is 5.87. The molecule has 1 aromatic carbocycles. The van der Waals surface area contributed by atoms with Crippen LogP contribution in [0.25, 0.3) is 11.0 Å². The molecule has 0 bridgehead atoms. The topological polar surface area (TPSA) is 76.5 Å². The highest BCUT2D eigenvalue weighted by atomic mass is 16.4. The summed E-state index contributed by atoms with van der Waals surface area (Å²) in [5.74, 6) is -0.293. The van der Waals surface area contributed by atoms with Crippen molar-refractivity contribution in [2.45, 2.75) is 12.8 Å². The lowest BCUT2D eigenvalue weighted by atomic mass is 10.1. The number of carboxylic acid groups (broad SMARTS) is 1. The first kappa shape index (κ1) is 9.27. The third-order valence-electron chi connectivity index (χ3n) is 3.13. The molecule has 1 aromatic heterocycles. The Morgan fingerprint density at radius 2 is 2.25 bits per heavy atom. The summed E-state index contributed by atoms with van der Waals surface area (Å²) in [7, 11) is 0. The quantitative estimate of drug-likeness (QED) is 0.714. The highest BCUT2D eigenvalue weighted by Gasteiger charge is 2.31. The van der Waals surface area contributed by atoms with Crippen LogP contribution in [0.5, 0.6) is 0 Å². The van der Waals surface area contributed by atoms with Crippen LogP contribution < -0.4 is 5.73 Å². The average Bonchev–Trinajstić information content (AvgIpc) is 2.73. The van der Waals surface area contributed by atoms with E-state index in [1.54, 1.807) is 6.07 Å². The molecule has 16 heavy (non-hydrogen) atoms. The molecule has 1 aliphatic carbocycles. The third-order valence-corrected chi connectivity index (χ3v) is 3.13. The largest absolute Gasteiger partial charge is 0.481 e. The Morgan fingerprint density at radius 3 is 3.00 bits per heavy atom. The second kappa shape index (κ2) is 3.01. The number of carbonyl (C=O) groups is 1. The van der Waals surface area contributed by atoms with Crippen molar-refractivity contribution in [3.05, 3.63) is 29.5 Å². The number of anilines is 1. The van der Waals surface area contributed by atoms with Crippen molar-refractivity contribution in [1.82, 2.24) is 0 Å². The Balaban J connectivity index is 2.12. The first-order valence-electron chi connectivity index (χ1n) is 5.17. The highest BCUT2D eigenvalue weighted by Crippen LogP contribution is 2.36. The molecule has 1 aliphatic rings. The van der Waals surface area contributed by atoms with Gasteiger partial charge in [0.1, 0.15) is 11.3 Å². The monoisotopic (exact) mass is 217 g/mol. The molecule has 82 valence electrons. The lowest BCUT2D eigenvalue weighted by Crippen LogP contribution is -2.13. The number of fused-ring (bicyclic) bond motifs is 3. The lowest BCUT2D eigenvalue weighted by Gasteiger charge is -2.01. The second-order valence-corrected chi connectivity index (χ2v) is 4.20. The summed E-state index contributed by atoms with van der Waals surface area (Å²) < 4.78 is 5.63. The minimum absolute atomic E-state index is 0.337. The summed E-state index contributed by atoms with van der Waals surface area (Å²) in [4.78, 5) is 10.9. The number of hydrogen-bond acceptors (Lipinski definition) is 3. The van der Waals surface area contributed by atoms with Gasteiger partial charge in [-0.1, -0.05) is 0 Å². The number of benzene rings is 1. The first-order chi connectivity index (χ1) is 7.65. The molecule has 2 aromatic rings. The predicted molar refractivity (Wildman–Crippen MR) is 59.2 cm³/mol. The van der Waals surface area contributed by atoms with Crippen molar-refractivity contribution in [3.63, 3.8) is 0 Å². The van der Waals surface area contributed by atoms with Crippen LogP contribution in [-0.4, -0.2) is 11.1 Å². The van der Waals surface area contributed by atoms with E-state index in [0.29, 0.717) is 18.5 Å². The Kier molecular flexibility index (Phi) is 1.74. The second-order valence-electron chi connectivity index (χ2n) is 4.20. The van der Waals surface area contributed by atoms with Crippen LogP contribution in [0.4, 0.5) is 5.69 Å². The van der Waals surface area contributed by atoms with Gasteiger partial charge in [-0.2, -0.15) is 0 Å². The van der Waals surface area contributed by atoms with Crippen molar-refractivity contribution in [3.8, 4) is 0 Å². The molecular formula is C12H11NO3. The van der Waals surface area contributed by atoms with E-state index in [1.807, 2.05) is 12.1 Å². The van der Waals surface area contributed by atoms with Crippen LogP contribution in [0.1, 0.15) is 11.3 Å². The van der Waals surface area contributed by atoms with Crippen molar-refractivity contribution in [1.29, 1.82) is 0 Å². The molecule has 1 unspecified atom stereocenters. The zero-order valence-electron chi connectivity index (χ0n) is 8.56. The maximum atomic E-state index is 10.9. The van der Waals surface area contributed by atoms with Gasteiger partial charge in [-0.15, -0.1) is 0 Å². The molecule has 0 saturated carbocycles. The maximum Gasteiger partial charge on any atom is 0.307 e. The number of furan rings is 1. The Morgan fingerprint density at radius 1 is 1.44 bits per heavy atom. The smallest absolute Gasteiger partial charge is 0.307 e. The molecule has 1 heterocycles. The average molecular weight is 217 g/mol. The number of rotatable bonds is 1. The number of hydrogen-bond donors (Lipinski definition) is 2. The minimum Gasteiger partial charge on any atom is -0.481 e. The van der Waals surface area contributed by atoms with Crippen LogP contribution >= 0.6 is 0 Å². The van der Waals surface area contributed by atoms with Crippen LogP contribution in [-0.2, 0) is 17.6 Å². The van der Waals surface area contributed by atoms with E-state index < -0.39 is 5.97 Å². The number of nitrogen functional groups attached to an aromatic ring is 1. The Hall–Kier alpha value is -1.97. The van der Waals surface area contributed by atoms with Crippen LogP contribution in [0.3, 0.4) is 0 Å². The number of nitrogens with two attached hydrogens (primary N) is 1. The van der Waals surface area contributed by atoms with Gasteiger partial charge in [0.05, 0.1) is 5.92 Å². The lowest BCUT2D eigenvalue weighted by molar-refractivity contribution is -0.141.